The third kappa shape index (κ3) is 4.03. The Morgan fingerprint density at radius 3 is 2.50 bits per heavy atom. The average molecular weight is 364 g/mol. The summed E-state index contributed by atoms with van der Waals surface area (Å²) in [4.78, 5) is 14.9. The van der Waals surface area contributed by atoms with Crippen LogP contribution >= 0.6 is 11.3 Å². The van der Waals surface area contributed by atoms with Crippen molar-refractivity contribution in [2.75, 3.05) is 26.2 Å². The smallest absolute Gasteiger partial charge is 0.263 e. The summed E-state index contributed by atoms with van der Waals surface area (Å²) in [5.41, 5.74) is 0.785. The van der Waals surface area contributed by atoms with Gasteiger partial charge in [0.05, 0.1) is 10.6 Å². The third-order valence-corrected chi connectivity index (χ3v) is 6.77. The zero-order chi connectivity index (χ0) is 17.0. The lowest BCUT2D eigenvalue weighted by Gasteiger charge is -2.21. The Morgan fingerprint density at radius 2 is 1.79 bits per heavy atom. The average Bonchev–Trinajstić information content (AvgIpc) is 2.98. The normalized spacial score (nSPS) is 16.8. The second-order valence-corrected chi connectivity index (χ2v) is 8.68. The first-order valence-electron chi connectivity index (χ1n) is 7.91. The quantitative estimate of drug-likeness (QED) is 0.837. The molecule has 0 radical (unpaired) electrons. The van der Waals surface area contributed by atoms with Gasteiger partial charge in [-0.2, -0.15) is 4.31 Å². The zero-order valence-electron chi connectivity index (χ0n) is 13.3. The van der Waals surface area contributed by atoms with E-state index in [9.17, 15) is 13.2 Å². The fourth-order valence-electron chi connectivity index (χ4n) is 2.81. The van der Waals surface area contributed by atoms with Crippen LogP contribution in [0.2, 0.25) is 0 Å². The van der Waals surface area contributed by atoms with Gasteiger partial charge >= 0.3 is 0 Å². The van der Waals surface area contributed by atoms with Crippen molar-refractivity contribution < 1.29 is 13.2 Å². The second kappa shape index (κ2) is 7.46. The van der Waals surface area contributed by atoms with E-state index in [2.05, 4.69) is 0 Å². The first-order valence-corrected chi connectivity index (χ1v) is 10.4. The van der Waals surface area contributed by atoms with Crippen LogP contribution in [-0.2, 0) is 15.8 Å². The maximum Gasteiger partial charge on any atom is 0.263 e. The third-order valence-electron chi connectivity index (χ3n) is 4.06. The van der Waals surface area contributed by atoms with Crippen LogP contribution in [0.3, 0.4) is 0 Å². The molecule has 1 aromatic heterocycles. The minimum Gasteiger partial charge on any atom is -0.337 e. The SMILES string of the molecule is O=C(c1cccs1)N1CCCN(S(=O)(=O)Cc2ccccc2)CC1. The Labute approximate surface area is 146 Å². The van der Waals surface area contributed by atoms with Gasteiger partial charge in [-0.3, -0.25) is 4.79 Å². The van der Waals surface area contributed by atoms with Crippen LogP contribution in [0.4, 0.5) is 0 Å². The van der Waals surface area contributed by atoms with Gasteiger partial charge in [0.1, 0.15) is 0 Å². The highest BCUT2D eigenvalue weighted by Gasteiger charge is 2.27. The highest BCUT2D eigenvalue weighted by Crippen LogP contribution is 2.17. The first kappa shape index (κ1) is 17.1. The van der Waals surface area contributed by atoms with E-state index in [-0.39, 0.29) is 11.7 Å². The maximum atomic E-state index is 12.6. The van der Waals surface area contributed by atoms with Crippen molar-refractivity contribution >= 4 is 27.3 Å². The zero-order valence-corrected chi connectivity index (χ0v) is 14.9. The molecule has 1 aliphatic heterocycles. The lowest BCUT2D eigenvalue weighted by Crippen LogP contribution is -2.37. The van der Waals surface area contributed by atoms with Crippen molar-refractivity contribution in [3.63, 3.8) is 0 Å². The van der Waals surface area contributed by atoms with Crippen LogP contribution in [0.5, 0.6) is 0 Å². The summed E-state index contributed by atoms with van der Waals surface area (Å²) >= 11 is 1.42. The highest BCUT2D eigenvalue weighted by atomic mass is 32.2. The Kier molecular flexibility index (Phi) is 5.33. The van der Waals surface area contributed by atoms with Crippen LogP contribution in [0.25, 0.3) is 0 Å². The molecule has 2 aromatic rings. The summed E-state index contributed by atoms with van der Waals surface area (Å²) < 4.78 is 26.8. The van der Waals surface area contributed by atoms with Gasteiger partial charge in [0.25, 0.3) is 5.91 Å². The summed E-state index contributed by atoms with van der Waals surface area (Å²) in [6, 6.07) is 12.9. The molecule has 1 fully saturated rings. The topological polar surface area (TPSA) is 57.7 Å². The maximum absolute atomic E-state index is 12.6. The number of hydrogen-bond acceptors (Lipinski definition) is 4. The summed E-state index contributed by atoms with van der Waals surface area (Å²) in [6.45, 7) is 1.84. The molecule has 1 amide bonds. The number of carbonyl (C=O) groups is 1. The summed E-state index contributed by atoms with van der Waals surface area (Å²) in [5.74, 6) is -0.000465. The molecule has 0 saturated carbocycles. The van der Waals surface area contributed by atoms with E-state index >= 15 is 0 Å². The number of nitrogens with zero attached hydrogens (tertiary/aromatic N) is 2. The molecule has 1 aromatic carbocycles. The molecule has 0 bridgehead atoms. The van der Waals surface area contributed by atoms with Gasteiger partial charge in [-0.1, -0.05) is 36.4 Å². The minimum absolute atomic E-state index is 0.00666. The predicted molar refractivity (Wildman–Crippen MR) is 95.5 cm³/mol. The minimum atomic E-state index is -3.36. The van der Waals surface area contributed by atoms with Gasteiger partial charge in [-0.15, -0.1) is 11.3 Å². The van der Waals surface area contributed by atoms with Crippen LogP contribution in [0.15, 0.2) is 47.8 Å². The number of amides is 1. The van der Waals surface area contributed by atoms with E-state index in [0.29, 0.717) is 37.5 Å². The number of hydrogen-bond donors (Lipinski definition) is 0. The molecule has 0 N–H and O–H groups in total. The van der Waals surface area contributed by atoms with Gasteiger partial charge in [-0.25, -0.2) is 8.42 Å². The van der Waals surface area contributed by atoms with E-state index in [1.54, 1.807) is 4.90 Å². The van der Waals surface area contributed by atoms with Crippen LogP contribution in [0, 0.1) is 0 Å². The van der Waals surface area contributed by atoms with Crippen molar-refractivity contribution in [1.29, 1.82) is 0 Å². The van der Waals surface area contributed by atoms with Crippen LogP contribution < -0.4 is 0 Å². The van der Waals surface area contributed by atoms with Gasteiger partial charge in [0.2, 0.25) is 10.0 Å². The molecular weight excluding hydrogens is 344 g/mol. The Morgan fingerprint density at radius 1 is 1.00 bits per heavy atom. The monoisotopic (exact) mass is 364 g/mol. The molecule has 1 saturated heterocycles. The number of rotatable bonds is 4. The molecule has 0 aliphatic carbocycles. The molecule has 0 atom stereocenters. The van der Waals surface area contributed by atoms with E-state index in [4.69, 9.17) is 0 Å². The van der Waals surface area contributed by atoms with Crippen molar-refractivity contribution in [2.24, 2.45) is 0 Å². The Hall–Kier alpha value is -1.70. The first-order chi connectivity index (χ1) is 11.6. The number of sulfonamides is 1. The summed E-state index contributed by atoms with van der Waals surface area (Å²) in [7, 11) is -3.36. The Balaban J connectivity index is 1.65. The Bertz CT molecular complexity index is 773. The van der Waals surface area contributed by atoms with E-state index < -0.39 is 10.0 Å². The second-order valence-electron chi connectivity index (χ2n) is 5.76. The summed E-state index contributed by atoms with van der Waals surface area (Å²) in [6.07, 6.45) is 0.658. The lowest BCUT2D eigenvalue weighted by molar-refractivity contribution is 0.0769. The van der Waals surface area contributed by atoms with E-state index in [1.165, 1.54) is 15.6 Å². The molecule has 24 heavy (non-hydrogen) atoms. The standard InChI is InChI=1S/C17H20N2O3S2/c20-17(16-8-4-13-23-16)18-9-5-10-19(12-11-18)24(21,22)14-15-6-2-1-3-7-15/h1-4,6-8,13H,5,9-12,14H2. The van der Waals surface area contributed by atoms with Crippen LogP contribution in [-0.4, -0.2) is 49.7 Å². The van der Waals surface area contributed by atoms with Crippen molar-refractivity contribution in [3.8, 4) is 0 Å². The molecule has 3 rings (SSSR count). The van der Waals surface area contributed by atoms with Gasteiger partial charge in [-0.05, 0) is 23.4 Å². The predicted octanol–water partition coefficient (Wildman–Crippen LogP) is 2.43. The summed E-state index contributed by atoms with van der Waals surface area (Å²) in [5, 5.41) is 1.88. The molecule has 128 valence electrons. The van der Waals surface area contributed by atoms with Gasteiger partial charge < -0.3 is 4.90 Å². The van der Waals surface area contributed by atoms with Crippen molar-refractivity contribution in [1.82, 2.24) is 9.21 Å². The molecule has 2 heterocycles. The molecule has 7 heteroatoms. The van der Waals surface area contributed by atoms with Crippen LogP contribution in [0.1, 0.15) is 21.7 Å². The number of carbonyl (C=O) groups excluding carboxylic acids is 1. The fourth-order valence-corrected chi connectivity index (χ4v) is 5.06. The van der Waals surface area contributed by atoms with Crippen molar-refractivity contribution in [2.45, 2.75) is 12.2 Å². The molecule has 5 nitrogen and oxygen atoms in total. The fraction of sp³-hybridized carbons (Fsp3) is 0.353. The largest absolute Gasteiger partial charge is 0.337 e. The van der Waals surface area contributed by atoms with Gasteiger partial charge in [0, 0.05) is 26.2 Å². The van der Waals surface area contributed by atoms with E-state index in [0.717, 1.165) is 5.56 Å². The highest BCUT2D eigenvalue weighted by molar-refractivity contribution is 7.88. The van der Waals surface area contributed by atoms with Crippen molar-refractivity contribution in [3.05, 3.63) is 58.3 Å². The molecular formula is C17H20N2O3S2. The number of benzene rings is 1. The molecule has 0 spiro atoms. The van der Waals surface area contributed by atoms with Gasteiger partial charge in [0.15, 0.2) is 0 Å². The molecule has 1 aliphatic rings. The lowest BCUT2D eigenvalue weighted by atomic mass is 10.2. The number of thiophene rings is 1. The van der Waals surface area contributed by atoms with E-state index in [1.807, 2.05) is 47.8 Å². The molecule has 0 unspecified atom stereocenters.